The second-order valence-corrected chi connectivity index (χ2v) is 6.65. The van der Waals surface area contributed by atoms with Gasteiger partial charge in [-0.05, 0) is 38.4 Å². The van der Waals surface area contributed by atoms with Crippen molar-refractivity contribution in [1.29, 1.82) is 0 Å². The number of rotatable bonds is 9. The minimum absolute atomic E-state index is 0.228. The third-order valence-corrected chi connectivity index (χ3v) is 4.18. The van der Waals surface area contributed by atoms with Crippen LogP contribution in [0.4, 0.5) is 0 Å². The average Bonchev–Trinajstić information content (AvgIpc) is 2.44. The molecule has 0 aliphatic rings. The largest absolute Gasteiger partial charge is 0.496 e. The van der Waals surface area contributed by atoms with Crippen LogP contribution in [-0.2, 0) is 6.54 Å². The molecule has 0 spiro atoms. The summed E-state index contributed by atoms with van der Waals surface area (Å²) in [6.45, 7) is 12.2. The standard InChI is InChI=1S/C18H32N2O/c1-7-12-19-15(2)18(3,4)14-20(5)13-16-10-8-9-11-17(16)21-6/h8-11,15,19H,7,12-14H2,1-6H3. The van der Waals surface area contributed by atoms with Gasteiger partial charge in [-0.2, -0.15) is 0 Å². The summed E-state index contributed by atoms with van der Waals surface area (Å²) in [7, 11) is 3.92. The van der Waals surface area contributed by atoms with E-state index in [1.54, 1.807) is 7.11 Å². The van der Waals surface area contributed by atoms with Crippen LogP contribution in [0.2, 0.25) is 0 Å². The van der Waals surface area contributed by atoms with E-state index in [2.05, 4.69) is 57.1 Å². The van der Waals surface area contributed by atoms with Crippen molar-refractivity contribution in [2.45, 2.75) is 46.7 Å². The predicted octanol–water partition coefficient (Wildman–Crippen LogP) is 3.54. The molecule has 3 nitrogen and oxygen atoms in total. The Bertz CT molecular complexity index is 417. The number of ether oxygens (including phenoxy) is 1. The lowest BCUT2D eigenvalue weighted by Crippen LogP contribution is -2.46. The fourth-order valence-corrected chi connectivity index (χ4v) is 2.65. The normalized spacial score (nSPS) is 13.5. The summed E-state index contributed by atoms with van der Waals surface area (Å²) in [5.74, 6) is 0.972. The summed E-state index contributed by atoms with van der Waals surface area (Å²) in [5.41, 5.74) is 1.47. The van der Waals surface area contributed by atoms with Gasteiger partial charge >= 0.3 is 0 Å². The molecule has 0 fully saturated rings. The van der Waals surface area contributed by atoms with Crippen molar-refractivity contribution in [3.05, 3.63) is 29.8 Å². The van der Waals surface area contributed by atoms with E-state index in [0.29, 0.717) is 6.04 Å². The zero-order chi connectivity index (χ0) is 15.9. The third kappa shape index (κ3) is 5.68. The number of nitrogens with one attached hydrogen (secondary N) is 1. The second-order valence-electron chi connectivity index (χ2n) is 6.65. The minimum atomic E-state index is 0.228. The van der Waals surface area contributed by atoms with Gasteiger partial charge in [-0.3, -0.25) is 0 Å². The van der Waals surface area contributed by atoms with Crippen molar-refractivity contribution < 1.29 is 4.74 Å². The third-order valence-electron chi connectivity index (χ3n) is 4.18. The Morgan fingerprint density at radius 2 is 1.95 bits per heavy atom. The van der Waals surface area contributed by atoms with Gasteiger partial charge in [0.25, 0.3) is 0 Å². The summed E-state index contributed by atoms with van der Waals surface area (Å²) in [5, 5.41) is 3.61. The van der Waals surface area contributed by atoms with E-state index in [1.807, 2.05) is 12.1 Å². The van der Waals surface area contributed by atoms with Gasteiger partial charge in [0.2, 0.25) is 0 Å². The number of hydrogen-bond acceptors (Lipinski definition) is 3. The molecule has 0 saturated carbocycles. The van der Waals surface area contributed by atoms with Crippen LogP contribution in [0.3, 0.4) is 0 Å². The zero-order valence-corrected chi connectivity index (χ0v) is 14.6. The molecule has 0 amide bonds. The molecule has 0 bridgehead atoms. The van der Waals surface area contributed by atoms with Gasteiger partial charge in [0.15, 0.2) is 0 Å². The summed E-state index contributed by atoms with van der Waals surface area (Å²) in [6, 6.07) is 8.75. The molecular formula is C18H32N2O. The monoisotopic (exact) mass is 292 g/mol. The summed E-state index contributed by atoms with van der Waals surface area (Å²) in [4.78, 5) is 2.38. The second kappa shape index (κ2) is 8.40. The van der Waals surface area contributed by atoms with Crippen LogP contribution < -0.4 is 10.1 Å². The van der Waals surface area contributed by atoms with E-state index >= 15 is 0 Å². The highest BCUT2D eigenvalue weighted by molar-refractivity contribution is 5.33. The summed E-state index contributed by atoms with van der Waals surface area (Å²) >= 11 is 0. The fraction of sp³-hybridized carbons (Fsp3) is 0.667. The van der Waals surface area contributed by atoms with Crippen molar-refractivity contribution in [3.63, 3.8) is 0 Å². The molecule has 1 aromatic carbocycles. The van der Waals surface area contributed by atoms with Crippen molar-refractivity contribution in [2.24, 2.45) is 5.41 Å². The van der Waals surface area contributed by atoms with Gasteiger partial charge in [-0.15, -0.1) is 0 Å². The maximum Gasteiger partial charge on any atom is 0.123 e. The molecule has 0 heterocycles. The van der Waals surface area contributed by atoms with Crippen molar-refractivity contribution in [2.75, 3.05) is 27.2 Å². The Kier molecular flexibility index (Phi) is 7.20. The summed E-state index contributed by atoms with van der Waals surface area (Å²) < 4.78 is 5.44. The number of benzene rings is 1. The predicted molar refractivity (Wildman–Crippen MR) is 90.9 cm³/mol. The first-order valence-corrected chi connectivity index (χ1v) is 7.94. The highest BCUT2D eigenvalue weighted by atomic mass is 16.5. The summed E-state index contributed by atoms with van der Waals surface area (Å²) in [6.07, 6.45) is 1.18. The highest BCUT2D eigenvalue weighted by Gasteiger charge is 2.27. The molecule has 0 aliphatic carbocycles. The number of nitrogens with zero attached hydrogens (tertiary/aromatic N) is 1. The van der Waals surface area contributed by atoms with Crippen LogP contribution in [0.5, 0.6) is 5.75 Å². The SMILES string of the molecule is CCCNC(C)C(C)(C)CN(C)Cc1ccccc1OC. The van der Waals surface area contributed by atoms with Gasteiger partial charge in [0.1, 0.15) is 5.75 Å². The van der Waals surface area contributed by atoms with Crippen LogP contribution in [0.15, 0.2) is 24.3 Å². The minimum Gasteiger partial charge on any atom is -0.496 e. The molecule has 1 atom stereocenters. The van der Waals surface area contributed by atoms with Crippen LogP contribution in [-0.4, -0.2) is 38.2 Å². The van der Waals surface area contributed by atoms with Crippen molar-refractivity contribution in [1.82, 2.24) is 10.2 Å². The Hall–Kier alpha value is -1.06. The van der Waals surface area contributed by atoms with Crippen LogP contribution >= 0.6 is 0 Å². The smallest absolute Gasteiger partial charge is 0.123 e. The average molecular weight is 292 g/mol. The van der Waals surface area contributed by atoms with Crippen LogP contribution in [0.25, 0.3) is 0 Å². The molecule has 1 rings (SSSR count). The van der Waals surface area contributed by atoms with E-state index in [4.69, 9.17) is 4.74 Å². The number of hydrogen-bond donors (Lipinski definition) is 1. The van der Waals surface area contributed by atoms with Gasteiger partial charge in [0.05, 0.1) is 7.11 Å². The van der Waals surface area contributed by atoms with Gasteiger partial charge in [-0.1, -0.05) is 39.0 Å². The Balaban J connectivity index is 2.61. The lowest BCUT2D eigenvalue weighted by Gasteiger charge is -2.36. The molecule has 0 aromatic heterocycles. The van der Waals surface area contributed by atoms with Gasteiger partial charge < -0.3 is 15.0 Å². The van der Waals surface area contributed by atoms with E-state index in [-0.39, 0.29) is 5.41 Å². The Morgan fingerprint density at radius 1 is 1.29 bits per heavy atom. The van der Waals surface area contributed by atoms with Gasteiger partial charge in [-0.25, -0.2) is 0 Å². The van der Waals surface area contributed by atoms with E-state index < -0.39 is 0 Å². The Labute approximate surface area is 130 Å². The Morgan fingerprint density at radius 3 is 2.57 bits per heavy atom. The molecule has 0 radical (unpaired) electrons. The molecule has 21 heavy (non-hydrogen) atoms. The van der Waals surface area contributed by atoms with E-state index in [1.165, 1.54) is 12.0 Å². The zero-order valence-electron chi connectivity index (χ0n) is 14.6. The van der Waals surface area contributed by atoms with Gasteiger partial charge in [0, 0.05) is 24.7 Å². The molecule has 0 aliphatic heterocycles. The maximum absolute atomic E-state index is 5.44. The van der Waals surface area contributed by atoms with E-state index in [0.717, 1.165) is 25.4 Å². The highest BCUT2D eigenvalue weighted by Crippen LogP contribution is 2.24. The van der Waals surface area contributed by atoms with E-state index in [9.17, 15) is 0 Å². The molecule has 1 N–H and O–H groups in total. The van der Waals surface area contributed by atoms with Crippen LogP contribution in [0, 0.1) is 5.41 Å². The number of methoxy groups -OCH3 is 1. The fourth-order valence-electron chi connectivity index (χ4n) is 2.65. The number of para-hydroxylation sites is 1. The molecular weight excluding hydrogens is 260 g/mol. The molecule has 120 valence electrons. The first-order chi connectivity index (χ1) is 9.90. The van der Waals surface area contributed by atoms with Crippen LogP contribution in [0.1, 0.15) is 39.7 Å². The first-order valence-electron chi connectivity index (χ1n) is 7.94. The molecule has 3 heteroatoms. The van der Waals surface area contributed by atoms with Crippen molar-refractivity contribution >= 4 is 0 Å². The first kappa shape index (κ1) is 18.0. The quantitative estimate of drug-likeness (QED) is 0.753. The molecule has 0 saturated heterocycles. The molecule has 1 aromatic rings. The van der Waals surface area contributed by atoms with Crippen molar-refractivity contribution in [3.8, 4) is 5.75 Å². The lowest BCUT2D eigenvalue weighted by molar-refractivity contribution is 0.159. The maximum atomic E-state index is 5.44. The molecule has 1 unspecified atom stereocenters. The lowest BCUT2D eigenvalue weighted by atomic mass is 9.84. The topological polar surface area (TPSA) is 24.5 Å².